The zero-order chi connectivity index (χ0) is 30.7. The van der Waals surface area contributed by atoms with Gasteiger partial charge in [-0.1, -0.05) is 30.0 Å². The summed E-state index contributed by atoms with van der Waals surface area (Å²) in [6, 6.07) is 8.36. The summed E-state index contributed by atoms with van der Waals surface area (Å²) < 4.78 is 5.83. The van der Waals surface area contributed by atoms with Crippen LogP contribution >= 0.6 is 23.1 Å². The van der Waals surface area contributed by atoms with E-state index in [-0.39, 0.29) is 34.3 Å². The first-order valence-electron chi connectivity index (χ1n) is 13.6. The number of phenolic OH excluding ortho intramolecular Hbond substituents is 1. The summed E-state index contributed by atoms with van der Waals surface area (Å²) in [5.74, 6) is -3.11. The summed E-state index contributed by atoms with van der Waals surface area (Å²) in [4.78, 5) is 39.5. The average Bonchev–Trinajstić information content (AvgIpc) is 3.55. The fourth-order valence-corrected chi connectivity index (χ4v) is 8.54. The number of aliphatic carboxylic acids is 1. The van der Waals surface area contributed by atoms with Gasteiger partial charge in [0.15, 0.2) is 18.9 Å². The average molecular weight is 701 g/mol. The van der Waals surface area contributed by atoms with Gasteiger partial charge in [-0.15, -0.1) is 0 Å². The number of pyridine rings is 1. The number of phenols is 1. The Kier molecular flexibility index (Phi) is 8.64. The van der Waals surface area contributed by atoms with Crippen LogP contribution < -0.4 is 37.0 Å². The number of hydrogen-bond acceptors (Lipinski definition) is 8. The zero-order valence-corrected chi connectivity index (χ0v) is 27.2. The van der Waals surface area contributed by atoms with E-state index in [1.807, 2.05) is 46.9 Å². The third-order valence-corrected chi connectivity index (χ3v) is 10.2. The van der Waals surface area contributed by atoms with E-state index in [4.69, 9.17) is 5.73 Å². The van der Waals surface area contributed by atoms with Crippen molar-refractivity contribution in [3.63, 3.8) is 0 Å². The number of amides is 2. The quantitative estimate of drug-likeness (QED) is 0.0993. The number of fused-ring (bicyclic) bond motifs is 2. The maximum atomic E-state index is 12.7. The fraction of sp³-hybridized carbons (Fsp3) is 0.300. The molecule has 1 saturated heterocycles. The van der Waals surface area contributed by atoms with E-state index in [1.165, 1.54) is 16.2 Å². The van der Waals surface area contributed by atoms with Gasteiger partial charge in [0, 0.05) is 23.1 Å². The van der Waals surface area contributed by atoms with Crippen LogP contribution in [0.1, 0.15) is 40.2 Å². The molecule has 2 amide bonds. The van der Waals surface area contributed by atoms with Crippen LogP contribution in [0.5, 0.6) is 5.75 Å². The molecule has 0 radical (unpaired) electrons. The number of rotatable bonds is 9. The summed E-state index contributed by atoms with van der Waals surface area (Å²) in [6.07, 6.45) is 8.37. The summed E-state index contributed by atoms with van der Waals surface area (Å²) >= 11 is 2.99. The Hall–Kier alpha value is -3.72. The standard InChI is InChI=1S/C30H29N5O6S2.BrH/c1-15-22(25(30(40)41)35-24(15)23(16(2)36)27(35)39)21-13-34-14-33(28(42-3)29(34)43-21)11-18-7-17(8-20(37)9-18)10-32-6-4-5-19(12-32)26(31)38;/h4-9,12-16,23-24,36H,10-11H2,1-3H3,(H2-2,31,37,38,40,41);1H/t15-,16+,23+,24+;/m0./s1. The monoisotopic (exact) mass is 699 g/mol. The maximum Gasteiger partial charge on any atom is 0.254 e. The molecule has 11 nitrogen and oxygen atoms in total. The van der Waals surface area contributed by atoms with Gasteiger partial charge in [-0.05, 0) is 43.0 Å². The minimum atomic E-state index is -1.40. The highest BCUT2D eigenvalue weighted by Crippen LogP contribution is 2.51. The first-order valence-corrected chi connectivity index (χ1v) is 15.7. The number of aromatic hydroxyl groups is 1. The number of carboxylic acids is 1. The largest absolute Gasteiger partial charge is 1.00 e. The number of aromatic nitrogens is 3. The number of nitrogens with zero attached hydrogens (tertiary/aromatic N) is 4. The van der Waals surface area contributed by atoms with Gasteiger partial charge in [0.25, 0.3) is 12.2 Å². The number of nitrogens with two attached hydrogens (primary N) is 1. The highest BCUT2D eigenvalue weighted by Gasteiger charge is 2.59. The van der Waals surface area contributed by atoms with E-state index >= 15 is 0 Å². The minimum absolute atomic E-state index is 0. The molecule has 0 unspecified atom stereocenters. The van der Waals surface area contributed by atoms with Gasteiger partial charge in [-0.3, -0.25) is 9.59 Å². The second-order valence-corrected chi connectivity index (χ2v) is 12.8. The number of thiazole rings is 1. The predicted molar refractivity (Wildman–Crippen MR) is 156 cm³/mol. The molecule has 4 N–H and O–H groups in total. The van der Waals surface area contributed by atoms with Crippen LogP contribution in [0.15, 0.2) is 66.0 Å². The van der Waals surface area contributed by atoms with Gasteiger partial charge in [-0.25, -0.2) is 4.57 Å². The van der Waals surface area contributed by atoms with Crippen molar-refractivity contribution in [3.8, 4) is 5.75 Å². The molecule has 230 valence electrons. The lowest BCUT2D eigenvalue weighted by atomic mass is 9.77. The molecule has 4 aromatic rings. The molecule has 44 heavy (non-hydrogen) atoms. The molecule has 5 heterocycles. The number of carbonyl (C=O) groups excluding carboxylic acids is 3. The Bertz CT molecular complexity index is 1850. The Morgan fingerprint density at radius 3 is 2.57 bits per heavy atom. The molecule has 1 fully saturated rings. The lowest BCUT2D eigenvalue weighted by Gasteiger charge is -2.47. The number of carbonyl (C=O) groups is 3. The highest BCUT2D eigenvalue weighted by atomic mass is 79.9. The number of carboxylic acid groups (broad SMARTS) is 1. The van der Waals surface area contributed by atoms with Crippen molar-refractivity contribution >= 4 is 51.3 Å². The van der Waals surface area contributed by atoms with E-state index in [0.29, 0.717) is 24.2 Å². The number of primary amides is 1. The number of aliphatic hydroxyl groups is 1. The molecular weight excluding hydrogens is 670 g/mol. The van der Waals surface area contributed by atoms with Crippen LogP contribution in [0.2, 0.25) is 0 Å². The Balaban J connectivity index is 0.00000384. The zero-order valence-electron chi connectivity index (χ0n) is 24.0. The topological polar surface area (TPSA) is 156 Å². The molecule has 2 aliphatic heterocycles. The Labute approximate surface area is 271 Å². The van der Waals surface area contributed by atoms with E-state index in [2.05, 4.69) is 4.57 Å². The predicted octanol–water partition coefficient (Wildman–Crippen LogP) is -2.48. The van der Waals surface area contributed by atoms with Crippen molar-refractivity contribution in [3.05, 3.63) is 82.5 Å². The molecule has 6 rings (SSSR count). The van der Waals surface area contributed by atoms with E-state index in [9.17, 15) is 29.7 Å². The fourth-order valence-electron chi connectivity index (χ4n) is 6.36. The molecule has 0 bridgehead atoms. The molecule has 1 aromatic carbocycles. The van der Waals surface area contributed by atoms with Gasteiger partial charge < -0.3 is 47.7 Å². The number of thioether (sulfide) groups is 1. The first kappa shape index (κ1) is 31.7. The van der Waals surface area contributed by atoms with Crippen LogP contribution in [-0.2, 0) is 22.7 Å². The second kappa shape index (κ2) is 12.0. The lowest BCUT2D eigenvalue weighted by Crippen LogP contribution is -3.00. The lowest BCUT2D eigenvalue weighted by molar-refractivity contribution is -0.721. The molecular formula is C30H30BrN5O6S2. The minimum Gasteiger partial charge on any atom is -1.00 e. The Morgan fingerprint density at radius 1 is 1.23 bits per heavy atom. The molecule has 0 aliphatic carbocycles. The van der Waals surface area contributed by atoms with Crippen molar-refractivity contribution in [2.24, 2.45) is 17.6 Å². The molecule has 3 aromatic heterocycles. The third-order valence-electron chi connectivity index (χ3n) is 8.13. The van der Waals surface area contributed by atoms with E-state index < -0.39 is 35.8 Å². The Morgan fingerprint density at radius 2 is 1.93 bits per heavy atom. The summed E-state index contributed by atoms with van der Waals surface area (Å²) in [6.45, 7) is 4.34. The van der Waals surface area contributed by atoms with Crippen molar-refractivity contribution in [2.45, 2.75) is 44.1 Å². The van der Waals surface area contributed by atoms with Gasteiger partial charge >= 0.3 is 0 Å². The van der Waals surface area contributed by atoms with Gasteiger partial charge in [0.1, 0.15) is 24.1 Å². The van der Waals surface area contributed by atoms with Crippen LogP contribution in [0.25, 0.3) is 10.4 Å². The van der Waals surface area contributed by atoms with Crippen LogP contribution in [0.4, 0.5) is 0 Å². The second-order valence-electron chi connectivity index (χ2n) is 11.0. The number of halogens is 1. The van der Waals surface area contributed by atoms with Crippen LogP contribution in [0, 0.1) is 11.8 Å². The van der Waals surface area contributed by atoms with Crippen molar-refractivity contribution in [2.75, 3.05) is 6.26 Å². The first-order chi connectivity index (χ1) is 20.5. The molecule has 14 heteroatoms. The number of hydrogen-bond donors (Lipinski definition) is 3. The van der Waals surface area contributed by atoms with E-state index in [0.717, 1.165) is 25.9 Å². The molecule has 0 saturated carbocycles. The SMILES string of the molecule is CSc1c2sc(C3=C(C(=O)[O-])N4C(=O)[C@H]([C@@H](C)O)[C@H]4[C@H]3C)cn2c[n+]1Cc1cc(O)cc(C[n+]2cccc(C(N)=O)c2)c1.[Br-]. The van der Waals surface area contributed by atoms with Crippen LogP contribution in [0.3, 0.4) is 0 Å². The molecule has 2 aliphatic rings. The summed E-state index contributed by atoms with van der Waals surface area (Å²) in [5.41, 5.74) is 7.96. The number of aliphatic hydroxyl groups excluding tert-OH is 1. The molecule has 4 atom stereocenters. The van der Waals surface area contributed by atoms with Gasteiger partial charge in [0.2, 0.25) is 15.8 Å². The van der Waals surface area contributed by atoms with Crippen molar-refractivity contribution < 1.29 is 55.8 Å². The van der Waals surface area contributed by atoms with Crippen LogP contribution in [-0.4, -0.2) is 55.7 Å². The van der Waals surface area contributed by atoms with Crippen molar-refractivity contribution in [1.82, 2.24) is 9.30 Å². The van der Waals surface area contributed by atoms with Gasteiger partial charge in [0.05, 0.1) is 34.6 Å². The number of β-lactam (4-membered cyclic amide) rings is 1. The number of imidazole rings is 1. The third kappa shape index (κ3) is 5.29. The summed E-state index contributed by atoms with van der Waals surface area (Å²) in [5, 5.41) is 33.8. The smallest absolute Gasteiger partial charge is 0.254 e. The number of benzene rings is 1. The van der Waals surface area contributed by atoms with Gasteiger partial charge in [-0.2, -0.15) is 8.97 Å². The highest BCUT2D eigenvalue weighted by molar-refractivity contribution is 7.98. The maximum absolute atomic E-state index is 12.7. The van der Waals surface area contributed by atoms with Crippen molar-refractivity contribution in [1.29, 1.82) is 0 Å². The van der Waals surface area contributed by atoms with E-state index in [1.54, 1.807) is 49.1 Å². The normalized spacial score (nSPS) is 20.0. The molecule has 0 spiro atoms. The summed E-state index contributed by atoms with van der Waals surface area (Å²) in [7, 11) is 0.